The number of thiocarbonyl (C=S) groups is 2. The zero-order valence-corrected chi connectivity index (χ0v) is 87.8. The van der Waals surface area contributed by atoms with Gasteiger partial charge in [-0.3, -0.25) is 0 Å². The molecule has 5 fully saturated rings. The molecule has 6 N–H and O–H groups in total. The molecular formula is C95H108Cl4N16O17S8. The maximum absolute atomic E-state index is 13.6. The number of hydrogen-bond donors (Lipinski definition) is 6. The molecule has 45 heteroatoms. The number of nitriles is 4. The molecule has 5 aliphatic rings. The number of amides is 2. The van der Waals surface area contributed by atoms with E-state index in [2.05, 4.69) is 42.7 Å². The first-order chi connectivity index (χ1) is 66.5. The summed E-state index contributed by atoms with van der Waals surface area (Å²) in [5.41, 5.74) is 4.59. The van der Waals surface area contributed by atoms with Gasteiger partial charge in [0.2, 0.25) is 50.1 Å². The lowest BCUT2D eigenvalue weighted by Crippen LogP contribution is -2.52. The van der Waals surface area contributed by atoms with Gasteiger partial charge in [-0.25, -0.2) is 51.6 Å². The monoisotopic (exact) mass is 2140 g/mol. The average Bonchev–Trinajstić information content (AvgIpc) is 1.26. The Morgan fingerprint density at radius 1 is 0.450 bits per heavy atom. The molecule has 0 unspecified atom stereocenters. The summed E-state index contributed by atoms with van der Waals surface area (Å²) in [5, 5.41) is 60.0. The highest BCUT2D eigenvalue weighted by atomic mass is 35.5. The van der Waals surface area contributed by atoms with Gasteiger partial charge in [0.1, 0.15) is 76.2 Å². The Bertz CT molecular complexity index is 6690. The highest BCUT2D eigenvalue weighted by Gasteiger charge is 2.40. The van der Waals surface area contributed by atoms with Crippen molar-refractivity contribution in [2.24, 2.45) is 0 Å². The maximum atomic E-state index is 13.6. The topological polar surface area (TPSA) is 443 Å². The predicted molar refractivity (Wildman–Crippen MR) is 545 cm³/mol. The van der Waals surface area contributed by atoms with Gasteiger partial charge in [-0.1, -0.05) is 51.6 Å². The molecule has 0 radical (unpaired) electrons. The van der Waals surface area contributed by atoms with Crippen LogP contribution in [0.2, 0.25) is 20.1 Å². The van der Waals surface area contributed by atoms with E-state index in [9.17, 15) is 67.9 Å². The first-order valence-electron chi connectivity index (χ1n) is 44.6. The van der Waals surface area contributed by atoms with Crippen LogP contribution in [0.1, 0.15) is 128 Å². The van der Waals surface area contributed by atoms with Gasteiger partial charge in [0.05, 0.1) is 59.7 Å². The number of carbonyl (C=O) groups is 1. The second kappa shape index (κ2) is 50.2. The van der Waals surface area contributed by atoms with Crippen LogP contribution < -0.4 is 50.3 Å². The summed E-state index contributed by atoms with van der Waals surface area (Å²) < 4.78 is 176. The summed E-state index contributed by atoms with van der Waals surface area (Å²) >= 11 is 37.0. The van der Waals surface area contributed by atoms with E-state index in [4.69, 9.17) is 99.0 Å². The highest BCUT2D eigenvalue weighted by molar-refractivity contribution is 7.98. The number of aryl methyl sites for hydroxylation is 6. The van der Waals surface area contributed by atoms with Crippen molar-refractivity contribution in [3.63, 3.8) is 0 Å². The van der Waals surface area contributed by atoms with Gasteiger partial charge in [0, 0.05) is 122 Å². The third-order valence-corrected chi connectivity index (χ3v) is 34.1. The number of morpholine rings is 1. The molecule has 6 heterocycles. The van der Waals surface area contributed by atoms with Crippen LogP contribution in [0.4, 0.5) is 4.79 Å². The number of piperidine rings is 4. The van der Waals surface area contributed by atoms with Crippen molar-refractivity contribution in [2.75, 3.05) is 97.2 Å². The Kier molecular flexibility index (Phi) is 39.5. The molecule has 0 bridgehead atoms. The Balaban J connectivity index is 0.000000179. The number of sulfonamides is 5. The third kappa shape index (κ3) is 30.4. The van der Waals surface area contributed by atoms with Crippen LogP contribution in [-0.4, -0.2) is 213 Å². The first-order valence-corrected chi connectivity index (χ1v) is 55.6. The normalized spacial score (nSPS) is 15.7. The minimum absolute atomic E-state index is 0.00564. The van der Waals surface area contributed by atoms with E-state index in [0.717, 1.165) is 41.0 Å². The molecule has 8 aromatic carbocycles. The molecule has 0 aliphatic carbocycles. The Hall–Kier alpha value is -10.2. The van der Waals surface area contributed by atoms with E-state index in [-0.39, 0.29) is 150 Å². The zero-order valence-electron chi connectivity index (χ0n) is 78.2. The number of halogens is 4. The molecule has 0 saturated carbocycles. The molecule has 0 atom stereocenters. The van der Waals surface area contributed by atoms with Gasteiger partial charge in [0.15, 0.2) is 16.0 Å². The minimum atomic E-state index is -4.07. The zero-order chi connectivity index (χ0) is 102. The number of hydrogen-bond acceptors (Lipinski definition) is 25. The second-order valence-electron chi connectivity index (χ2n) is 33.9. The molecule has 2 amide bonds. The Labute approximate surface area is 853 Å². The smallest absolute Gasteiger partial charge is 0.317 e. The lowest BCUT2D eigenvalue weighted by atomic mass is 10.1. The number of ether oxygens (including phenoxy) is 5. The molecule has 9 aromatic rings. The number of aromatic nitrogens is 1. The van der Waals surface area contributed by atoms with Crippen molar-refractivity contribution in [1.82, 2.24) is 58.6 Å². The molecule has 140 heavy (non-hydrogen) atoms. The molecule has 746 valence electrons. The van der Waals surface area contributed by atoms with Gasteiger partial charge in [-0.2, -0.15) is 50.0 Å². The molecule has 33 nitrogen and oxygen atoms in total. The largest absolute Gasteiger partial charge is 0.456 e. The summed E-state index contributed by atoms with van der Waals surface area (Å²) in [6.07, 6.45) is 7.03. The number of thioether (sulfide) groups is 1. The van der Waals surface area contributed by atoms with Crippen molar-refractivity contribution in [1.29, 1.82) is 21.0 Å². The molecule has 0 spiro atoms. The van der Waals surface area contributed by atoms with Crippen LogP contribution in [0.25, 0.3) is 0 Å². The van der Waals surface area contributed by atoms with E-state index < -0.39 is 56.2 Å². The molecular weight excluding hydrogens is 2040 g/mol. The second-order valence-corrected chi connectivity index (χ2v) is 46.7. The summed E-state index contributed by atoms with van der Waals surface area (Å²) in [5.74, 6) is 3.36. The summed E-state index contributed by atoms with van der Waals surface area (Å²) in [6.45, 7) is 19.4. The number of nitrogens with zero attached hydrogens (tertiary/aromatic N) is 10. The fraction of sp³-hybridized carbons (Fsp3) is 0.389. The van der Waals surface area contributed by atoms with Crippen LogP contribution in [0.3, 0.4) is 0 Å². The van der Waals surface area contributed by atoms with E-state index in [1.807, 2.05) is 65.8 Å². The molecule has 5 saturated heterocycles. The third-order valence-electron chi connectivity index (χ3n) is 22.6. The van der Waals surface area contributed by atoms with E-state index in [1.54, 1.807) is 96.4 Å². The number of carbonyl (C=O) groups excluding carboxylic acids is 1. The molecule has 14 rings (SSSR count). The molecule has 5 aliphatic heterocycles. The van der Waals surface area contributed by atoms with Crippen molar-refractivity contribution < 1.29 is 75.1 Å². The van der Waals surface area contributed by atoms with Crippen molar-refractivity contribution in [3.05, 3.63) is 222 Å². The first kappa shape index (κ1) is 110. The Morgan fingerprint density at radius 3 is 1.04 bits per heavy atom. The van der Waals surface area contributed by atoms with Gasteiger partial charge >= 0.3 is 6.03 Å². The number of urea groups is 1. The Morgan fingerprint density at radius 2 is 0.757 bits per heavy atom. The van der Waals surface area contributed by atoms with Gasteiger partial charge in [0.25, 0.3) is 0 Å². The summed E-state index contributed by atoms with van der Waals surface area (Å²) in [4.78, 5) is 13.9. The number of nitrogens with one attached hydrogen (secondary N) is 6. The molecule has 1 aromatic heterocycles. The quantitative estimate of drug-likeness (QED) is 0.0206. The predicted octanol–water partition coefficient (Wildman–Crippen LogP) is 16.6. The van der Waals surface area contributed by atoms with Crippen molar-refractivity contribution >= 4 is 149 Å². The van der Waals surface area contributed by atoms with Gasteiger partial charge in [-0.05, 0) is 317 Å². The lowest BCUT2D eigenvalue weighted by molar-refractivity contribution is 0.0520. The number of benzene rings is 8. The minimum Gasteiger partial charge on any atom is -0.456 e. The standard InChI is InChI=1S/C24H25ClN4O6S2.C24H27ClN4O5S.C24H29ClN4O3S3.C23H27ClN4O3S2/c1-15-10-19(25)13-21(11-15)34-22-5-4-18(14-26)12-23(22)37(32,33)29-8-6-20(7-9-29)28-36(30,31)24-16(2)27-35-17(24)3;1-17-12-19(25)15-21(13-17)34-22-3-2-18(16-26)14-23(22)35(31,32)29-6-4-20(5-7-29)27-24(30)28-8-10-33-11-9-28;1-17-12-19(25)15-21(13-17)32-22-5-4-18(16-26)14-23(22)35(30,31)29-9-6-20(7-10-29)28-24(33)27-8-3-11-34-2;1-15(2)26-23(32)27-19-6-8-28(9-7-19)33(29,30)22-12-17(14-25)4-5-21(22)31-20-11-16(3)10-18(24)13-20/h4-5,10-13,20,28H,6-9H2,1-3H3;2-3,12-15,20H,4-11H2,1H3,(H,27,30);4-5,12-15,20H,3,6-11H2,1-2H3,(H2,27,28,33);4-5,10-13,15,19H,6-9H2,1-3H3,(H2,26,27,32). The van der Waals surface area contributed by atoms with Gasteiger partial charge < -0.3 is 59.7 Å². The van der Waals surface area contributed by atoms with Crippen molar-refractivity contribution in [2.45, 2.75) is 168 Å². The SMILES string of the molecule is CSCCCNC(=S)NC1CCN(S(=O)(=O)c2cc(C#N)ccc2Oc2cc(C)cc(Cl)c2)CC1.Cc1cc(Cl)cc(Oc2ccc(C#N)cc2S(=O)(=O)N2CCC(NC(=O)N3CCOCC3)CC2)c1.Cc1cc(Cl)cc(Oc2ccc(C#N)cc2S(=O)(=O)N2CCC(NC(=S)NC(C)C)CC2)c1.Cc1cc(Cl)cc(Oc2ccc(C#N)cc2S(=O)(=O)N2CCC(NS(=O)(=O)c3c(C)noc3C)CC2)c1. The van der Waals surface area contributed by atoms with Crippen LogP contribution in [0.5, 0.6) is 46.0 Å². The van der Waals surface area contributed by atoms with E-state index in [0.29, 0.717) is 144 Å². The van der Waals surface area contributed by atoms with Crippen LogP contribution in [0.15, 0.2) is 175 Å². The summed E-state index contributed by atoms with van der Waals surface area (Å²) in [6, 6.07) is 45.5. The van der Waals surface area contributed by atoms with Crippen LogP contribution in [0, 0.1) is 86.9 Å². The fourth-order valence-electron chi connectivity index (χ4n) is 15.8. The highest BCUT2D eigenvalue weighted by Crippen LogP contribution is 2.41. The lowest BCUT2D eigenvalue weighted by Gasteiger charge is -2.34. The van der Waals surface area contributed by atoms with Crippen molar-refractivity contribution in [3.8, 4) is 70.3 Å². The maximum Gasteiger partial charge on any atom is 0.317 e. The van der Waals surface area contributed by atoms with Gasteiger partial charge in [-0.15, -0.1) is 0 Å². The van der Waals surface area contributed by atoms with Crippen LogP contribution in [-0.2, 0) is 54.9 Å². The number of rotatable bonds is 27. The van der Waals surface area contributed by atoms with E-state index in [1.165, 1.54) is 96.9 Å². The summed E-state index contributed by atoms with van der Waals surface area (Å²) in [7, 11) is -19.7. The van der Waals surface area contributed by atoms with E-state index >= 15 is 0 Å². The fourth-order valence-corrected chi connectivity index (χ4v) is 26.1. The average molecular weight is 2140 g/mol. The van der Waals surface area contributed by atoms with Crippen LogP contribution >= 0.6 is 82.6 Å².